The van der Waals surface area contributed by atoms with Gasteiger partial charge in [-0.3, -0.25) is 4.90 Å². The molecule has 0 amide bonds. The summed E-state index contributed by atoms with van der Waals surface area (Å²) in [5.41, 5.74) is 2.74. The minimum Gasteiger partial charge on any atom is -0.312 e. The SMILES string of the molecule is CCC1CCCN1C(C)C(NC)c1ccc(C)cc1. The van der Waals surface area contributed by atoms with Gasteiger partial charge in [-0.2, -0.15) is 0 Å². The normalized spacial score (nSPS) is 23.5. The van der Waals surface area contributed by atoms with Crippen LogP contribution in [0.4, 0.5) is 0 Å². The molecule has 2 rings (SSSR count). The molecule has 1 aromatic carbocycles. The number of hydrogen-bond acceptors (Lipinski definition) is 2. The number of likely N-dealkylation sites (tertiary alicyclic amines) is 1. The van der Waals surface area contributed by atoms with Crippen molar-refractivity contribution in [3.8, 4) is 0 Å². The molecule has 1 fully saturated rings. The molecule has 1 saturated heterocycles. The number of likely N-dealkylation sites (N-methyl/N-ethyl adjacent to an activating group) is 1. The number of hydrogen-bond donors (Lipinski definition) is 1. The molecule has 0 saturated carbocycles. The molecule has 1 aliphatic heterocycles. The lowest BCUT2D eigenvalue weighted by Crippen LogP contribution is -2.44. The first-order valence-electron chi connectivity index (χ1n) is 7.67. The van der Waals surface area contributed by atoms with Crippen molar-refractivity contribution >= 4 is 0 Å². The van der Waals surface area contributed by atoms with Gasteiger partial charge in [-0.05, 0) is 52.3 Å². The number of rotatable bonds is 5. The minimum absolute atomic E-state index is 0.424. The molecule has 19 heavy (non-hydrogen) atoms. The maximum absolute atomic E-state index is 3.52. The molecule has 0 aliphatic carbocycles. The topological polar surface area (TPSA) is 15.3 Å². The minimum atomic E-state index is 0.424. The molecular formula is C17H28N2. The van der Waals surface area contributed by atoms with E-state index in [9.17, 15) is 0 Å². The van der Waals surface area contributed by atoms with Crippen LogP contribution in [0.2, 0.25) is 0 Å². The van der Waals surface area contributed by atoms with Crippen molar-refractivity contribution in [1.82, 2.24) is 10.2 Å². The molecule has 0 aromatic heterocycles. The largest absolute Gasteiger partial charge is 0.312 e. The third-order valence-corrected chi connectivity index (χ3v) is 4.65. The number of aryl methyl sites for hydroxylation is 1. The first kappa shape index (κ1) is 14.5. The fraction of sp³-hybridized carbons (Fsp3) is 0.647. The van der Waals surface area contributed by atoms with Gasteiger partial charge in [0, 0.05) is 18.1 Å². The predicted molar refractivity (Wildman–Crippen MR) is 82.5 cm³/mol. The fourth-order valence-corrected chi connectivity index (χ4v) is 3.48. The molecule has 106 valence electrons. The molecule has 1 aromatic rings. The van der Waals surface area contributed by atoms with Crippen molar-refractivity contribution in [2.75, 3.05) is 13.6 Å². The molecule has 1 heterocycles. The van der Waals surface area contributed by atoms with Gasteiger partial charge in [0.25, 0.3) is 0 Å². The highest BCUT2D eigenvalue weighted by Crippen LogP contribution is 2.29. The maximum Gasteiger partial charge on any atom is 0.0473 e. The molecule has 0 bridgehead atoms. The van der Waals surface area contributed by atoms with Gasteiger partial charge in [0.15, 0.2) is 0 Å². The highest BCUT2D eigenvalue weighted by molar-refractivity contribution is 5.25. The highest BCUT2D eigenvalue weighted by atomic mass is 15.2. The van der Waals surface area contributed by atoms with E-state index in [0.29, 0.717) is 12.1 Å². The second-order valence-electron chi connectivity index (χ2n) is 5.86. The van der Waals surface area contributed by atoms with Crippen molar-refractivity contribution in [3.63, 3.8) is 0 Å². The van der Waals surface area contributed by atoms with Crippen LogP contribution in [0.15, 0.2) is 24.3 Å². The van der Waals surface area contributed by atoms with Crippen LogP contribution in [0.25, 0.3) is 0 Å². The smallest absolute Gasteiger partial charge is 0.0473 e. The highest BCUT2D eigenvalue weighted by Gasteiger charge is 2.31. The van der Waals surface area contributed by atoms with E-state index in [0.717, 1.165) is 6.04 Å². The number of nitrogens with zero attached hydrogens (tertiary/aromatic N) is 1. The van der Waals surface area contributed by atoms with E-state index in [1.54, 1.807) is 0 Å². The van der Waals surface area contributed by atoms with Crippen molar-refractivity contribution < 1.29 is 0 Å². The summed E-state index contributed by atoms with van der Waals surface area (Å²) in [6.07, 6.45) is 3.99. The van der Waals surface area contributed by atoms with E-state index >= 15 is 0 Å². The molecule has 3 unspecified atom stereocenters. The quantitative estimate of drug-likeness (QED) is 0.871. The first-order chi connectivity index (χ1) is 9.17. The zero-order valence-corrected chi connectivity index (χ0v) is 12.8. The van der Waals surface area contributed by atoms with Crippen LogP contribution in [0.1, 0.15) is 50.3 Å². The Morgan fingerprint density at radius 3 is 2.58 bits per heavy atom. The molecule has 0 spiro atoms. The standard InChI is InChI=1S/C17H28N2/c1-5-16-7-6-12-19(16)14(3)17(18-4)15-10-8-13(2)9-11-15/h8-11,14,16-18H,5-7,12H2,1-4H3. The van der Waals surface area contributed by atoms with Crippen molar-refractivity contribution in [1.29, 1.82) is 0 Å². The van der Waals surface area contributed by atoms with E-state index in [4.69, 9.17) is 0 Å². The average Bonchev–Trinajstić information content (AvgIpc) is 2.90. The average molecular weight is 260 g/mol. The summed E-state index contributed by atoms with van der Waals surface area (Å²) < 4.78 is 0. The maximum atomic E-state index is 3.52. The summed E-state index contributed by atoms with van der Waals surface area (Å²) in [5, 5.41) is 3.52. The first-order valence-corrected chi connectivity index (χ1v) is 7.67. The van der Waals surface area contributed by atoms with Crippen molar-refractivity contribution in [2.24, 2.45) is 0 Å². The number of nitrogens with one attached hydrogen (secondary N) is 1. The van der Waals surface area contributed by atoms with E-state index in [1.807, 2.05) is 0 Å². The van der Waals surface area contributed by atoms with Crippen LogP contribution in [0.3, 0.4) is 0 Å². The van der Waals surface area contributed by atoms with Crippen LogP contribution in [0, 0.1) is 6.92 Å². The molecule has 1 aliphatic rings. The summed E-state index contributed by atoms with van der Waals surface area (Å²) in [4.78, 5) is 2.70. The summed E-state index contributed by atoms with van der Waals surface area (Å²) in [5.74, 6) is 0. The Morgan fingerprint density at radius 2 is 2.00 bits per heavy atom. The summed E-state index contributed by atoms with van der Waals surface area (Å²) >= 11 is 0. The van der Waals surface area contributed by atoms with Gasteiger partial charge in [-0.25, -0.2) is 0 Å². The second kappa shape index (κ2) is 6.53. The summed E-state index contributed by atoms with van der Waals surface area (Å²) in [6, 6.07) is 10.7. The molecule has 1 N–H and O–H groups in total. The van der Waals surface area contributed by atoms with Gasteiger partial charge in [0.2, 0.25) is 0 Å². The zero-order chi connectivity index (χ0) is 13.8. The third-order valence-electron chi connectivity index (χ3n) is 4.65. The van der Waals surface area contributed by atoms with Crippen LogP contribution in [-0.2, 0) is 0 Å². The molecule has 3 atom stereocenters. The van der Waals surface area contributed by atoms with Gasteiger partial charge < -0.3 is 5.32 Å². The third kappa shape index (κ3) is 3.18. The predicted octanol–water partition coefficient (Wildman–Crippen LogP) is 3.52. The summed E-state index contributed by atoms with van der Waals surface area (Å²) in [6.45, 7) is 8.09. The van der Waals surface area contributed by atoms with Crippen LogP contribution >= 0.6 is 0 Å². The van der Waals surface area contributed by atoms with E-state index in [-0.39, 0.29) is 0 Å². The molecule has 2 heteroatoms. The van der Waals surface area contributed by atoms with Crippen molar-refractivity contribution in [3.05, 3.63) is 35.4 Å². The van der Waals surface area contributed by atoms with E-state index in [2.05, 4.69) is 62.3 Å². The van der Waals surface area contributed by atoms with Gasteiger partial charge >= 0.3 is 0 Å². The Kier molecular flexibility index (Phi) is 5.00. The van der Waals surface area contributed by atoms with Gasteiger partial charge in [-0.15, -0.1) is 0 Å². The lowest BCUT2D eigenvalue weighted by Gasteiger charge is -2.36. The monoisotopic (exact) mass is 260 g/mol. The van der Waals surface area contributed by atoms with E-state index in [1.165, 1.54) is 36.9 Å². The Balaban J connectivity index is 2.14. The fourth-order valence-electron chi connectivity index (χ4n) is 3.48. The Morgan fingerprint density at radius 1 is 1.32 bits per heavy atom. The Labute approximate surface area is 118 Å². The molecule has 2 nitrogen and oxygen atoms in total. The van der Waals surface area contributed by atoms with Crippen LogP contribution < -0.4 is 5.32 Å². The second-order valence-corrected chi connectivity index (χ2v) is 5.86. The number of benzene rings is 1. The Hall–Kier alpha value is -0.860. The van der Waals surface area contributed by atoms with E-state index < -0.39 is 0 Å². The van der Waals surface area contributed by atoms with Crippen LogP contribution in [-0.4, -0.2) is 30.6 Å². The van der Waals surface area contributed by atoms with Gasteiger partial charge in [-0.1, -0.05) is 36.8 Å². The lowest BCUT2D eigenvalue weighted by atomic mass is 9.97. The van der Waals surface area contributed by atoms with Gasteiger partial charge in [0.1, 0.15) is 0 Å². The van der Waals surface area contributed by atoms with Crippen LogP contribution in [0.5, 0.6) is 0 Å². The zero-order valence-electron chi connectivity index (χ0n) is 12.8. The summed E-state index contributed by atoms with van der Waals surface area (Å²) in [7, 11) is 2.08. The Bertz CT molecular complexity index is 385. The van der Waals surface area contributed by atoms with Gasteiger partial charge in [0.05, 0.1) is 0 Å². The van der Waals surface area contributed by atoms with Crippen molar-refractivity contribution in [2.45, 2.75) is 58.2 Å². The molecule has 0 radical (unpaired) electrons. The lowest BCUT2D eigenvalue weighted by molar-refractivity contribution is 0.154. The molecular weight excluding hydrogens is 232 g/mol.